The molecule has 0 saturated carbocycles. The number of hydrogen-bond acceptors (Lipinski definition) is 4. The van der Waals surface area contributed by atoms with Gasteiger partial charge in [0, 0.05) is 31.5 Å². The molecule has 0 aromatic heterocycles. The van der Waals surface area contributed by atoms with Crippen molar-refractivity contribution < 1.29 is 9.84 Å². The molecule has 1 rings (SSSR count). The highest BCUT2D eigenvalue weighted by Crippen LogP contribution is 2.12. The van der Waals surface area contributed by atoms with Gasteiger partial charge in [-0.05, 0) is 25.2 Å². The van der Waals surface area contributed by atoms with Gasteiger partial charge in [0.25, 0.3) is 0 Å². The van der Waals surface area contributed by atoms with E-state index >= 15 is 0 Å². The van der Waals surface area contributed by atoms with Crippen LogP contribution in [-0.2, 0) is 0 Å². The molecule has 1 N–H and O–H groups in total. The van der Waals surface area contributed by atoms with Crippen LogP contribution in [0.1, 0.15) is 18.4 Å². The van der Waals surface area contributed by atoms with E-state index in [0.29, 0.717) is 19.4 Å². The fraction of sp³-hybridized carbons (Fsp3) is 0.438. The number of rotatable bonds is 7. The van der Waals surface area contributed by atoms with Crippen molar-refractivity contribution in [1.29, 1.82) is 5.26 Å². The van der Waals surface area contributed by atoms with Gasteiger partial charge in [-0.1, -0.05) is 17.9 Å². The van der Waals surface area contributed by atoms with Gasteiger partial charge in [0.15, 0.2) is 0 Å². The Morgan fingerprint density at radius 3 is 2.90 bits per heavy atom. The fourth-order valence-corrected chi connectivity index (χ4v) is 1.56. The number of likely N-dealkylation sites (N-methyl/N-ethyl adjacent to an activating group) is 1. The Hall–Kier alpha value is -2.01. The molecule has 4 nitrogen and oxygen atoms in total. The van der Waals surface area contributed by atoms with Gasteiger partial charge in [0.1, 0.15) is 12.4 Å². The molecule has 0 bridgehead atoms. The van der Waals surface area contributed by atoms with Crippen LogP contribution in [0.15, 0.2) is 24.3 Å². The minimum absolute atomic E-state index is 0.0816. The molecule has 106 valence electrons. The van der Waals surface area contributed by atoms with Crippen LogP contribution in [0.3, 0.4) is 0 Å². The molecule has 0 heterocycles. The Morgan fingerprint density at radius 1 is 1.30 bits per heavy atom. The summed E-state index contributed by atoms with van der Waals surface area (Å²) < 4.78 is 5.66. The normalized spacial score (nSPS) is 9.70. The monoisotopic (exact) mass is 272 g/mol. The maximum absolute atomic E-state index is 8.68. The zero-order chi connectivity index (χ0) is 14.6. The van der Waals surface area contributed by atoms with Crippen LogP contribution in [0, 0.1) is 23.2 Å². The third-order valence-electron chi connectivity index (χ3n) is 2.65. The largest absolute Gasteiger partial charge is 0.492 e. The number of aliphatic hydroxyl groups excluding tert-OH is 1. The quantitative estimate of drug-likeness (QED) is 0.767. The minimum atomic E-state index is 0.0816. The Kier molecular flexibility index (Phi) is 7.91. The topological polar surface area (TPSA) is 56.5 Å². The lowest BCUT2D eigenvalue weighted by atomic mass is 10.2. The van der Waals surface area contributed by atoms with E-state index in [4.69, 9.17) is 15.1 Å². The van der Waals surface area contributed by atoms with E-state index in [0.717, 1.165) is 24.4 Å². The van der Waals surface area contributed by atoms with Crippen LogP contribution >= 0.6 is 0 Å². The molecular weight excluding hydrogens is 252 g/mol. The lowest BCUT2D eigenvalue weighted by Crippen LogP contribution is -2.25. The van der Waals surface area contributed by atoms with Crippen molar-refractivity contribution in [2.75, 3.05) is 33.4 Å². The SMILES string of the molecule is CN(CCC#N)CCOc1cccc(C#CCCO)c1. The molecule has 0 atom stereocenters. The van der Waals surface area contributed by atoms with E-state index in [1.165, 1.54) is 0 Å². The molecule has 20 heavy (non-hydrogen) atoms. The molecular formula is C16H20N2O2. The predicted octanol–water partition coefficient (Wildman–Crippen LogP) is 1.64. The first kappa shape index (κ1) is 16.0. The molecule has 1 aromatic carbocycles. The van der Waals surface area contributed by atoms with Gasteiger partial charge >= 0.3 is 0 Å². The van der Waals surface area contributed by atoms with E-state index < -0.39 is 0 Å². The summed E-state index contributed by atoms with van der Waals surface area (Å²) in [5, 5.41) is 17.2. The van der Waals surface area contributed by atoms with E-state index in [9.17, 15) is 0 Å². The van der Waals surface area contributed by atoms with Gasteiger partial charge < -0.3 is 14.7 Å². The van der Waals surface area contributed by atoms with Crippen LogP contribution in [0.2, 0.25) is 0 Å². The molecule has 0 amide bonds. The molecule has 4 heteroatoms. The zero-order valence-electron chi connectivity index (χ0n) is 11.8. The lowest BCUT2D eigenvalue weighted by molar-refractivity contribution is 0.240. The maximum atomic E-state index is 8.68. The summed E-state index contributed by atoms with van der Waals surface area (Å²) in [6.45, 7) is 2.20. The van der Waals surface area contributed by atoms with E-state index in [2.05, 4.69) is 22.8 Å². The minimum Gasteiger partial charge on any atom is -0.492 e. The molecule has 0 aliphatic rings. The van der Waals surface area contributed by atoms with Crippen molar-refractivity contribution in [3.8, 4) is 23.7 Å². The summed E-state index contributed by atoms with van der Waals surface area (Å²) in [5.74, 6) is 6.64. The predicted molar refractivity (Wildman–Crippen MR) is 78.2 cm³/mol. The first-order valence-electron chi connectivity index (χ1n) is 6.64. The second kappa shape index (κ2) is 9.86. The van der Waals surface area contributed by atoms with Gasteiger partial charge in [0.05, 0.1) is 12.7 Å². The summed E-state index contributed by atoms with van der Waals surface area (Å²) in [5.41, 5.74) is 0.883. The van der Waals surface area contributed by atoms with Crippen molar-refractivity contribution >= 4 is 0 Å². The van der Waals surface area contributed by atoms with Crippen LogP contribution in [-0.4, -0.2) is 43.4 Å². The molecule has 0 fully saturated rings. The second-order valence-electron chi connectivity index (χ2n) is 4.36. The van der Waals surface area contributed by atoms with Crippen molar-refractivity contribution in [1.82, 2.24) is 4.90 Å². The molecule has 0 aliphatic heterocycles. The van der Waals surface area contributed by atoms with Crippen LogP contribution in [0.5, 0.6) is 5.75 Å². The van der Waals surface area contributed by atoms with Crippen molar-refractivity contribution in [3.05, 3.63) is 29.8 Å². The van der Waals surface area contributed by atoms with Gasteiger partial charge in [-0.25, -0.2) is 0 Å². The summed E-state index contributed by atoms with van der Waals surface area (Å²) in [6, 6.07) is 9.72. The van der Waals surface area contributed by atoms with E-state index in [1.807, 2.05) is 31.3 Å². The Bertz CT molecular complexity index is 497. The highest BCUT2D eigenvalue weighted by Gasteiger charge is 1.99. The third-order valence-corrected chi connectivity index (χ3v) is 2.65. The Morgan fingerprint density at radius 2 is 2.15 bits per heavy atom. The highest BCUT2D eigenvalue weighted by atomic mass is 16.5. The van der Waals surface area contributed by atoms with Crippen molar-refractivity contribution in [2.24, 2.45) is 0 Å². The summed E-state index contributed by atoms with van der Waals surface area (Å²) >= 11 is 0. The first-order chi connectivity index (χ1) is 9.76. The van der Waals surface area contributed by atoms with Gasteiger partial charge in [-0.15, -0.1) is 0 Å². The average Bonchev–Trinajstić information content (AvgIpc) is 2.46. The summed E-state index contributed by atoms with van der Waals surface area (Å²) in [4.78, 5) is 2.06. The Labute approximate surface area is 120 Å². The second-order valence-corrected chi connectivity index (χ2v) is 4.36. The average molecular weight is 272 g/mol. The van der Waals surface area contributed by atoms with Crippen LogP contribution in [0.25, 0.3) is 0 Å². The molecule has 0 unspecified atom stereocenters. The Balaban J connectivity index is 2.39. The molecule has 1 aromatic rings. The molecule has 0 spiro atoms. The van der Waals surface area contributed by atoms with E-state index in [1.54, 1.807) is 0 Å². The first-order valence-corrected chi connectivity index (χ1v) is 6.64. The molecule has 0 saturated heterocycles. The van der Waals surface area contributed by atoms with Gasteiger partial charge in [-0.2, -0.15) is 5.26 Å². The van der Waals surface area contributed by atoms with Gasteiger partial charge in [0.2, 0.25) is 0 Å². The number of nitrogens with zero attached hydrogens (tertiary/aromatic N) is 2. The van der Waals surface area contributed by atoms with Gasteiger partial charge in [-0.3, -0.25) is 0 Å². The summed E-state index contributed by atoms with van der Waals surface area (Å²) in [6.07, 6.45) is 1.02. The number of ether oxygens (including phenoxy) is 1. The maximum Gasteiger partial charge on any atom is 0.120 e. The standard InChI is InChI=1S/C16H20N2O2/c1-18(10-5-9-17)11-13-20-16-8-4-7-15(14-16)6-2-3-12-19/h4,7-8,14,19H,3,5,10-13H2,1H3. The molecule has 0 radical (unpaired) electrons. The van der Waals surface area contributed by atoms with Crippen molar-refractivity contribution in [3.63, 3.8) is 0 Å². The fourth-order valence-electron chi connectivity index (χ4n) is 1.56. The van der Waals surface area contributed by atoms with E-state index in [-0.39, 0.29) is 6.61 Å². The van der Waals surface area contributed by atoms with Crippen LogP contribution < -0.4 is 4.74 Å². The zero-order valence-corrected chi connectivity index (χ0v) is 11.8. The number of aliphatic hydroxyl groups is 1. The third kappa shape index (κ3) is 6.80. The van der Waals surface area contributed by atoms with Crippen molar-refractivity contribution in [2.45, 2.75) is 12.8 Å². The molecule has 0 aliphatic carbocycles. The number of hydrogen-bond donors (Lipinski definition) is 1. The smallest absolute Gasteiger partial charge is 0.120 e. The summed E-state index contributed by atoms with van der Waals surface area (Å²) in [7, 11) is 1.97. The lowest BCUT2D eigenvalue weighted by Gasteiger charge is -2.15. The number of nitriles is 1. The van der Waals surface area contributed by atoms with Crippen LogP contribution in [0.4, 0.5) is 0 Å². The number of benzene rings is 1. The highest BCUT2D eigenvalue weighted by molar-refractivity contribution is 5.39.